The summed E-state index contributed by atoms with van der Waals surface area (Å²) in [5.41, 5.74) is 11.7. The Morgan fingerprint density at radius 1 is 1.32 bits per heavy atom. The predicted molar refractivity (Wildman–Crippen MR) is 81.7 cm³/mol. The molecule has 0 radical (unpaired) electrons. The van der Waals surface area contributed by atoms with Gasteiger partial charge in [0.15, 0.2) is 0 Å². The maximum atomic E-state index is 5.92. The van der Waals surface area contributed by atoms with Gasteiger partial charge in [0.2, 0.25) is 0 Å². The second-order valence-corrected chi connectivity index (χ2v) is 6.85. The maximum Gasteiger partial charge on any atom is 0.0459 e. The molecule has 3 N–H and O–H groups in total. The van der Waals surface area contributed by atoms with Crippen LogP contribution in [0.2, 0.25) is 0 Å². The summed E-state index contributed by atoms with van der Waals surface area (Å²) in [6.07, 6.45) is 3.68. The van der Waals surface area contributed by atoms with Crippen LogP contribution in [0.5, 0.6) is 0 Å². The first-order valence-corrected chi connectivity index (χ1v) is 7.36. The van der Waals surface area contributed by atoms with Gasteiger partial charge >= 0.3 is 0 Å². The second kappa shape index (κ2) is 4.38. The molecule has 2 aromatic rings. The van der Waals surface area contributed by atoms with Crippen LogP contribution >= 0.6 is 0 Å². The van der Waals surface area contributed by atoms with Gasteiger partial charge in [-0.15, -0.1) is 0 Å². The number of aryl methyl sites for hydroxylation is 1. The molecule has 19 heavy (non-hydrogen) atoms. The number of rotatable bonds is 1. The highest BCUT2D eigenvalue weighted by atomic mass is 14.8. The third-order valence-corrected chi connectivity index (χ3v) is 4.48. The molecule has 102 valence electrons. The van der Waals surface area contributed by atoms with Crippen molar-refractivity contribution < 1.29 is 0 Å². The highest BCUT2D eigenvalue weighted by Crippen LogP contribution is 2.37. The van der Waals surface area contributed by atoms with Crippen LogP contribution in [0.3, 0.4) is 0 Å². The number of fused-ring (bicyclic) bond motifs is 3. The normalized spacial score (nSPS) is 19.7. The molecule has 1 heterocycles. The zero-order valence-electron chi connectivity index (χ0n) is 12.2. The standard InChI is InChI=1S/C17H24N2/c1-17(2,3)12-7-8-15-14(9-12)13-6-4-5-11(10-18)16(13)19-15/h7-9,11,19H,4-6,10,18H2,1-3H3. The number of aromatic nitrogens is 1. The fourth-order valence-corrected chi connectivity index (χ4v) is 3.26. The smallest absolute Gasteiger partial charge is 0.0459 e. The van der Waals surface area contributed by atoms with E-state index in [9.17, 15) is 0 Å². The van der Waals surface area contributed by atoms with Crippen molar-refractivity contribution in [2.45, 2.75) is 51.4 Å². The van der Waals surface area contributed by atoms with Gasteiger partial charge in [-0.2, -0.15) is 0 Å². The van der Waals surface area contributed by atoms with Crippen LogP contribution in [0.1, 0.15) is 56.4 Å². The van der Waals surface area contributed by atoms with Gasteiger partial charge in [-0.3, -0.25) is 0 Å². The predicted octanol–water partition coefficient (Wildman–Crippen LogP) is 3.84. The van der Waals surface area contributed by atoms with Crippen LogP contribution in [0, 0.1) is 0 Å². The molecule has 0 fully saturated rings. The summed E-state index contributed by atoms with van der Waals surface area (Å²) in [5.74, 6) is 0.522. The van der Waals surface area contributed by atoms with Crippen LogP contribution in [-0.4, -0.2) is 11.5 Å². The molecule has 0 amide bonds. The Morgan fingerprint density at radius 3 is 2.79 bits per heavy atom. The molecule has 0 aliphatic heterocycles. The lowest BCUT2D eigenvalue weighted by Crippen LogP contribution is -2.17. The molecule has 1 aromatic carbocycles. The Kier molecular flexibility index (Phi) is 2.94. The van der Waals surface area contributed by atoms with E-state index in [1.165, 1.54) is 47.0 Å². The summed E-state index contributed by atoms with van der Waals surface area (Å²) < 4.78 is 0. The molecule has 1 unspecified atom stereocenters. The molecule has 1 aliphatic rings. The van der Waals surface area contributed by atoms with Gasteiger partial charge in [-0.25, -0.2) is 0 Å². The molecule has 1 aliphatic carbocycles. The van der Waals surface area contributed by atoms with E-state index in [0.717, 1.165) is 6.54 Å². The molecule has 0 spiro atoms. The van der Waals surface area contributed by atoms with Crippen LogP contribution in [0.25, 0.3) is 10.9 Å². The lowest BCUT2D eigenvalue weighted by molar-refractivity contribution is 0.553. The van der Waals surface area contributed by atoms with Crippen LogP contribution in [0.4, 0.5) is 0 Å². The number of aromatic amines is 1. The zero-order valence-corrected chi connectivity index (χ0v) is 12.2. The molecule has 0 saturated heterocycles. The molecular weight excluding hydrogens is 232 g/mol. The number of nitrogens with two attached hydrogens (primary N) is 1. The van der Waals surface area contributed by atoms with E-state index in [0.29, 0.717) is 5.92 Å². The SMILES string of the molecule is CC(C)(C)c1ccc2[nH]c3c(c2c1)CCCC3CN. The second-order valence-electron chi connectivity index (χ2n) is 6.85. The lowest BCUT2D eigenvalue weighted by Gasteiger charge is -2.21. The maximum absolute atomic E-state index is 5.92. The van der Waals surface area contributed by atoms with Crippen molar-refractivity contribution in [3.63, 3.8) is 0 Å². The number of nitrogens with one attached hydrogen (secondary N) is 1. The van der Waals surface area contributed by atoms with E-state index in [4.69, 9.17) is 5.73 Å². The van der Waals surface area contributed by atoms with Gasteiger partial charge in [-0.1, -0.05) is 26.8 Å². The molecular formula is C17H24N2. The van der Waals surface area contributed by atoms with E-state index in [-0.39, 0.29) is 5.41 Å². The quantitative estimate of drug-likeness (QED) is 0.799. The van der Waals surface area contributed by atoms with Gasteiger partial charge in [0.1, 0.15) is 0 Å². The highest BCUT2D eigenvalue weighted by molar-refractivity contribution is 5.86. The summed E-state index contributed by atoms with van der Waals surface area (Å²) in [6, 6.07) is 6.87. The average Bonchev–Trinajstić information content (AvgIpc) is 2.75. The average molecular weight is 256 g/mol. The van der Waals surface area contributed by atoms with Gasteiger partial charge in [0.25, 0.3) is 0 Å². The topological polar surface area (TPSA) is 41.8 Å². The molecule has 1 atom stereocenters. The van der Waals surface area contributed by atoms with Gasteiger partial charge in [0, 0.05) is 29.1 Å². The first kappa shape index (κ1) is 12.7. The minimum atomic E-state index is 0.209. The van der Waals surface area contributed by atoms with Gasteiger partial charge < -0.3 is 10.7 Å². The first-order valence-electron chi connectivity index (χ1n) is 7.36. The van der Waals surface area contributed by atoms with Crippen LogP contribution in [0.15, 0.2) is 18.2 Å². The molecule has 0 saturated carbocycles. The fourth-order valence-electron chi connectivity index (χ4n) is 3.26. The number of hydrogen-bond acceptors (Lipinski definition) is 1. The van der Waals surface area contributed by atoms with Crippen molar-refractivity contribution in [1.29, 1.82) is 0 Å². The molecule has 0 bridgehead atoms. The van der Waals surface area contributed by atoms with Crippen LogP contribution < -0.4 is 5.73 Å². The van der Waals surface area contributed by atoms with Gasteiger partial charge in [-0.05, 0) is 47.9 Å². The Balaban J connectivity index is 2.18. The summed E-state index contributed by atoms with van der Waals surface area (Å²) in [7, 11) is 0. The number of H-pyrrole nitrogens is 1. The highest BCUT2D eigenvalue weighted by Gasteiger charge is 2.24. The summed E-state index contributed by atoms with van der Waals surface area (Å²) in [5, 5.41) is 1.42. The minimum absolute atomic E-state index is 0.209. The Hall–Kier alpha value is -1.28. The largest absolute Gasteiger partial charge is 0.358 e. The fraction of sp³-hybridized carbons (Fsp3) is 0.529. The Labute approximate surface area is 115 Å². The van der Waals surface area contributed by atoms with E-state index in [2.05, 4.69) is 44.0 Å². The molecule has 3 rings (SSSR count). The van der Waals surface area contributed by atoms with Crippen molar-refractivity contribution >= 4 is 10.9 Å². The number of hydrogen-bond donors (Lipinski definition) is 2. The monoisotopic (exact) mass is 256 g/mol. The summed E-state index contributed by atoms with van der Waals surface area (Å²) in [4.78, 5) is 3.62. The third kappa shape index (κ3) is 2.08. The minimum Gasteiger partial charge on any atom is -0.358 e. The number of benzene rings is 1. The summed E-state index contributed by atoms with van der Waals surface area (Å²) >= 11 is 0. The van der Waals surface area contributed by atoms with E-state index < -0.39 is 0 Å². The molecule has 1 aromatic heterocycles. The Bertz CT molecular complexity index is 601. The third-order valence-electron chi connectivity index (χ3n) is 4.48. The molecule has 2 nitrogen and oxygen atoms in total. The lowest BCUT2D eigenvalue weighted by atomic mass is 9.84. The van der Waals surface area contributed by atoms with Crippen LogP contribution in [-0.2, 0) is 11.8 Å². The van der Waals surface area contributed by atoms with E-state index in [1.807, 2.05) is 0 Å². The Morgan fingerprint density at radius 2 is 2.11 bits per heavy atom. The first-order chi connectivity index (χ1) is 9.00. The molecule has 2 heteroatoms. The van der Waals surface area contributed by atoms with E-state index in [1.54, 1.807) is 0 Å². The van der Waals surface area contributed by atoms with E-state index >= 15 is 0 Å². The van der Waals surface area contributed by atoms with Crippen molar-refractivity contribution in [2.75, 3.05) is 6.54 Å². The van der Waals surface area contributed by atoms with Crippen molar-refractivity contribution in [3.8, 4) is 0 Å². The van der Waals surface area contributed by atoms with Gasteiger partial charge in [0.05, 0.1) is 0 Å². The summed E-state index contributed by atoms with van der Waals surface area (Å²) in [6.45, 7) is 7.58. The zero-order chi connectivity index (χ0) is 13.6. The van der Waals surface area contributed by atoms with Crippen molar-refractivity contribution in [3.05, 3.63) is 35.0 Å². The van der Waals surface area contributed by atoms with Crippen molar-refractivity contribution in [2.24, 2.45) is 5.73 Å². The van der Waals surface area contributed by atoms with Crippen molar-refractivity contribution in [1.82, 2.24) is 4.98 Å².